The first-order valence-electron chi connectivity index (χ1n) is 8.53. The largest absolute Gasteiger partial charge is 0.361 e. The topological polar surface area (TPSA) is 41.1 Å². The summed E-state index contributed by atoms with van der Waals surface area (Å²) >= 11 is 5.32. The maximum atomic E-state index is 12.2. The Morgan fingerprint density at radius 1 is 0.962 bits per heavy atom. The summed E-state index contributed by atoms with van der Waals surface area (Å²) in [7, 11) is 0. The van der Waals surface area contributed by atoms with Crippen LogP contribution < -0.4 is 10.6 Å². The highest BCUT2D eigenvalue weighted by Crippen LogP contribution is 2.32. The van der Waals surface area contributed by atoms with E-state index in [1.807, 2.05) is 48.6 Å². The lowest BCUT2D eigenvalue weighted by Gasteiger charge is -2.33. The Morgan fingerprint density at radius 2 is 1.50 bits per heavy atom. The molecular formula is C22H24N2OS. The molecule has 0 fully saturated rings. The van der Waals surface area contributed by atoms with Crippen molar-refractivity contribution in [1.82, 2.24) is 10.6 Å². The molecule has 0 aliphatic carbocycles. The summed E-state index contributed by atoms with van der Waals surface area (Å²) in [6.45, 7) is 8.38. The fourth-order valence-corrected chi connectivity index (χ4v) is 3.13. The molecule has 0 unspecified atom stereocenters. The van der Waals surface area contributed by atoms with Crippen LogP contribution in [-0.4, -0.2) is 17.6 Å². The molecule has 1 amide bonds. The minimum Gasteiger partial charge on any atom is -0.361 e. The minimum atomic E-state index is -0.221. The van der Waals surface area contributed by atoms with Gasteiger partial charge in [-0.1, -0.05) is 60.7 Å². The highest BCUT2D eigenvalue weighted by molar-refractivity contribution is 7.80. The molecule has 0 radical (unpaired) electrons. The molecule has 2 aromatic rings. The molecule has 4 heteroatoms. The van der Waals surface area contributed by atoms with Crippen LogP contribution in [0.4, 0.5) is 0 Å². The summed E-state index contributed by atoms with van der Waals surface area (Å²) < 4.78 is 0. The van der Waals surface area contributed by atoms with Gasteiger partial charge in [0.25, 0.3) is 5.91 Å². The minimum absolute atomic E-state index is 0.216. The van der Waals surface area contributed by atoms with E-state index in [-0.39, 0.29) is 11.3 Å². The summed E-state index contributed by atoms with van der Waals surface area (Å²) in [6, 6.07) is 19.2. The van der Waals surface area contributed by atoms with Crippen molar-refractivity contribution in [3.8, 4) is 0 Å². The van der Waals surface area contributed by atoms with E-state index in [4.69, 9.17) is 12.2 Å². The fourth-order valence-electron chi connectivity index (χ4n) is 2.97. The summed E-state index contributed by atoms with van der Waals surface area (Å²) in [6.07, 6.45) is 5.35. The van der Waals surface area contributed by atoms with Crippen LogP contribution in [0.2, 0.25) is 0 Å². The second kappa shape index (κ2) is 9.68. The van der Waals surface area contributed by atoms with Crippen molar-refractivity contribution in [1.29, 1.82) is 0 Å². The average molecular weight is 365 g/mol. The number of hydrogen-bond donors (Lipinski definition) is 2. The molecule has 0 aliphatic rings. The molecule has 2 aromatic carbocycles. The van der Waals surface area contributed by atoms with Crippen molar-refractivity contribution < 1.29 is 4.79 Å². The van der Waals surface area contributed by atoms with Gasteiger partial charge in [-0.15, -0.1) is 13.2 Å². The second-order valence-corrected chi connectivity index (χ2v) is 6.54. The lowest BCUT2D eigenvalue weighted by molar-refractivity contribution is 0.0976. The lowest BCUT2D eigenvalue weighted by atomic mass is 9.75. The Labute approximate surface area is 160 Å². The zero-order chi connectivity index (χ0) is 18.8. The predicted molar refractivity (Wildman–Crippen MR) is 112 cm³/mol. The van der Waals surface area contributed by atoms with Gasteiger partial charge < -0.3 is 5.32 Å². The third-order valence-corrected chi connectivity index (χ3v) is 4.55. The molecule has 26 heavy (non-hydrogen) atoms. The fraction of sp³-hybridized carbons (Fsp3) is 0.182. The third-order valence-electron chi connectivity index (χ3n) is 4.31. The maximum Gasteiger partial charge on any atom is 0.257 e. The predicted octanol–water partition coefficient (Wildman–Crippen LogP) is 4.38. The summed E-state index contributed by atoms with van der Waals surface area (Å²) in [5, 5.41) is 6.24. The molecule has 3 nitrogen and oxygen atoms in total. The molecule has 0 spiro atoms. The van der Waals surface area contributed by atoms with Gasteiger partial charge in [0.1, 0.15) is 0 Å². The quantitative estimate of drug-likeness (QED) is 0.539. The number of nitrogens with one attached hydrogen (secondary N) is 2. The number of benzene rings is 2. The van der Waals surface area contributed by atoms with Gasteiger partial charge in [-0.3, -0.25) is 10.1 Å². The van der Waals surface area contributed by atoms with Crippen LogP contribution in [0.1, 0.15) is 28.8 Å². The van der Waals surface area contributed by atoms with Crippen LogP contribution in [0.25, 0.3) is 0 Å². The molecule has 0 atom stereocenters. The van der Waals surface area contributed by atoms with Gasteiger partial charge in [0.15, 0.2) is 5.11 Å². The second-order valence-electron chi connectivity index (χ2n) is 6.13. The summed E-state index contributed by atoms with van der Waals surface area (Å²) in [5.74, 6) is -0.221. The van der Waals surface area contributed by atoms with Crippen molar-refractivity contribution in [3.63, 3.8) is 0 Å². The molecule has 0 bridgehead atoms. The normalized spacial score (nSPS) is 10.6. The van der Waals surface area contributed by atoms with Crippen LogP contribution in [0.5, 0.6) is 0 Å². The maximum absolute atomic E-state index is 12.2. The smallest absolute Gasteiger partial charge is 0.257 e. The van der Waals surface area contributed by atoms with Gasteiger partial charge in [-0.2, -0.15) is 0 Å². The number of rotatable bonds is 8. The number of amides is 1. The van der Waals surface area contributed by atoms with Crippen LogP contribution in [0, 0.1) is 0 Å². The van der Waals surface area contributed by atoms with E-state index in [1.165, 1.54) is 5.56 Å². The molecule has 0 aromatic heterocycles. The average Bonchev–Trinajstić information content (AvgIpc) is 2.68. The first-order chi connectivity index (χ1) is 12.6. The van der Waals surface area contributed by atoms with E-state index < -0.39 is 0 Å². The number of carbonyl (C=O) groups is 1. The van der Waals surface area contributed by atoms with E-state index >= 15 is 0 Å². The summed E-state index contributed by atoms with van der Waals surface area (Å²) in [4.78, 5) is 12.2. The molecule has 0 aliphatic heterocycles. The molecule has 0 heterocycles. The Bertz CT molecular complexity index is 746. The van der Waals surface area contributed by atoms with Crippen LogP contribution in [0.3, 0.4) is 0 Å². The van der Waals surface area contributed by atoms with E-state index in [9.17, 15) is 4.79 Å². The van der Waals surface area contributed by atoms with E-state index in [1.54, 1.807) is 12.1 Å². The zero-order valence-corrected chi connectivity index (χ0v) is 15.6. The number of thiocarbonyl (C=S) groups is 1. The third kappa shape index (κ3) is 5.14. The van der Waals surface area contributed by atoms with E-state index in [0.717, 1.165) is 12.8 Å². The van der Waals surface area contributed by atoms with Gasteiger partial charge in [0, 0.05) is 17.5 Å². The Hall–Kier alpha value is -2.72. The zero-order valence-electron chi connectivity index (χ0n) is 14.8. The monoisotopic (exact) mass is 364 g/mol. The molecule has 2 N–H and O–H groups in total. The van der Waals surface area contributed by atoms with Crippen LogP contribution in [-0.2, 0) is 5.41 Å². The number of hydrogen-bond acceptors (Lipinski definition) is 2. The lowest BCUT2D eigenvalue weighted by Crippen LogP contribution is -2.46. The highest BCUT2D eigenvalue weighted by atomic mass is 32.1. The molecule has 0 saturated heterocycles. The van der Waals surface area contributed by atoms with Gasteiger partial charge in [0.2, 0.25) is 0 Å². The van der Waals surface area contributed by atoms with Gasteiger partial charge >= 0.3 is 0 Å². The standard InChI is InChI=1S/C22H24N2OS/c1-3-15-22(16-4-2,19-13-9-6-10-14-19)17-23-21(26)24-20(25)18-11-7-5-8-12-18/h3-14H,1-2,15-17H2,(H2,23,24,25,26). The number of carbonyl (C=O) groups excluding carboxylic acids is 1. The Morgan fingerprint density at radius 3 is 2.04 bits per heavy atom. The van der Waals surface area contributed by atoms with Gasteiger partial charge in [0.05, 0.1) is 0 Å². The first kappa shape index (κ1) is 19.6. The Balaban J connectivity index is 2.08. The van der Waals surface area contributed by atoms with Crippen molar-refractivity contribution in [2.75, 3.05) is 6.54 Å². The van der Waals surface area contributed by atoms with Crippen LogP contribution >= 0.6 is 12.2 Å². The van der Waals surface area contributed by atoms with E-state index in [0.29, 0.717) is 17.2 Å². The summed E-state index contributed by atoms with van der Waals surface area (Å²) in [5.41, 5.74) is 1.54. The van der Waals surface area contributed by atoms with E-state index in [2.05, 4.69) is 35.9 Å². The molecular weight excluding hydrogens is 340 g/mol. The molecule has 134 valence electrons. The molecule has 0 saturated carbocycles. The SMILES string of the molecule is C=CCC(CC=C)(CNC(=S)NC(=O)c1ccccc1)c1ccccc1. The van der Waals surface area contributed by atoms with Crippen LogP contribution in [0.15, 0.2) is 86.0 Å². The molecule has 2 rings (SSSR count). The van der Waals surface area contributed by atoms with Gasteiger partial charge in [-0.25, -0.2) is 0 Å². The Kier molecular flexibility index (Phi) is 7.30. The van der Waals surface area contributed by atoms with Crippen molar-refractivity contribution >= 4 is 23.2 Å². The highest BCUT2D eigenvalue weighted by Gasteiger charge is 2.29. The van der Waals surface area contributed by atoms with Gasteiger partial charge in [-0.05, 0) is 42.8 Å². The number of allylic oxidation sites excluding steroid dienone is 2. The first-order valence-corrected chi connectivity index (χ1v) is 8.94. The van der Waals surface area contributed by atoms with Crippen molar-refractivity contribution in [2.24, 2.45) is 0 Å². The van der Waals surface area contributed by atoms with Crippen molar-refractivity contribution in [3.05, 3.63) is 97.1 Å². The van der Waals surface area contributed by atoms with Crippen molar-refractivity contribution in [2.45, 2.75) is 18.3 Å².